The summed E-state index contributed by atoms with van der Waals surface area (Å²) in [6.07, 6.45) is -4.87. The van der Waals surface area contributed by atoms with Crippen molar-refractivity contribution in [3.8, 4) is 79.1 Å². The highest BCUT2D eigenvalue weighted by Crippen LogP contribution is 2.48. The minimum atomic E-state index is -4.87. The second-order valence-electron chi connectivity index (χ2n) is 19.2. The van der Waals surface area contributed by atoms with E-state index >= 15 is 13.2 Å². The Balaban J connectivity index is 1.25. The van der Waals surface area contributed by atoms with Gasteiger partial charge in [-0.05, 0) is 173 Å². The van der Waals surface area contributed by atoms with Crippen LogP contribution in [0.2, 0.25) is 0 Å². The van der Waals surface area contributed by atoms with Gasteiger partial charge in [0.05, 0.1) is 62.3 Å². The fourth-order valence-corrected chi connectivity index (χ4v) is 11.2. The highest BCUT2D eigenvalue weighted by atomic mass is 19.4. The van der Waals surface area contributed by atoms with Crippen LogP contribution in [0, 0.1) is 50.4 Å². The van der Waals surface area contributed by atoms with Crippen LogP contribution in [-0.2, 0) is 6.18 Å². The highest BCUT2D eigenvalue weighted by molar-refractivity contribution is 6.14. The number of nitrogens with zero attached hydrogens (tertiary/aromatic N) is 4. The van der Waals surface area contributed by atoms with Crippen molar-refractivity contribution < 1.29 is 13.2 Å². The molecular weight excluding hydrogens is 918 g/mol. The Morgan fingerprint density at radius 2 is 0.676 bits per heavy atom. The Labute approximate surface area is 426 Å². The Morgan fingerprint density at radius 3 is 0.973 bits per heavy atom. The molecule has 0 fully saturated rings. The molecule has 0 bridgehead atoms. The topological polar surface area (TPSA) is 57.4 Å². The first-order valence-electron chi connectivity index (χ1n) is 24.5. The molecular formula is C67H45F3N4. The Bertz CT molecular complexity index is 3940. The van der Waals surface area contributed by atoms with Gasteiger partial charge in [-0.25, -0.2) is 0 Å². The molecule has 0 amide bonds. The van der Waals surface area contributed by atoms with Crippen molar-refractivity contribution in [3.05, 3.63) is 239 Å². The molecule has 7 heteroatoms. The maximum absolute atomic E-state index is 15.9. The second kappa shape index (κ2) is 17.7. The van der Waals surface area contributed by atoms with Gasteiger partial charge in [0.2, 0.25) is 0 Å². The number of hydrogen-bond donors (Lipinski definition) is 0. The number of aryl methyl sites for hydroxylation is 4. The summed E-state index contributed by atoms with van der Waals surface area (Å²) < 4.78 is 51.8. The van der Waals surface area contributed by atoms with Crippen molar-refractivity contribution >= 4 is 43.6 Å². The molecule has 12 aromatic rings. The zero-order valence-electron chi connectivity index (χ0n) is 41.0. The third-order valence-corrected chi connectivity index (χ3v) is 14.8. The predicted molar refractivity (Wildman–Crippen MR) is 296 cm³/mol. The summed E-state index contributed by atoms with van der Waals surface area (Å²) in [5.74, 6) is 0. The average molecular weight is 963 g/mol. The van der Waals surface area contributed by atoms with Gasteiger partial charge in [-0.15, -0.1) is 0 Å². The first-order valence-corrected chi connectivity index (χ1v) is 24.5. The molecule has 0 aliphatic rings. The van der Waals surface area contributed by atoms with Crippen LogP contribution in [0.3, 0.4) is 0 Å². The van der Waals surface area contributed by atoms with Crippen LogP contribution >= 0.6 is 0 Å². The molecule has 10 aromatic carbocycles. The number of halogens is 3. The second-order valence-corrected chi connectivity index (χ2v) is 19.2. The number of nitriles is 2. The standard InChI is InChI=1S/C67H45F3N4/c1-40-13-5-9-17-50(40)46-22-27-60-55(34-46)56-35-47(51-18-10-6-14-41(51)2)23-28-61(56)73(60)64-32-45(39-72)33-65(66(64)54-26-21-44(38-71)31-59(54)67(68,69)70)74-62-29-24-48(52-19-11-7-15-42(52)3)36-57(62)58-37-49(25-30-63(58)74)53-20-12-8-16-43(53)4/h5-37H,1-4H3. The molecule has 12 rings (SSSR count). The van der Waals surface area contributed by atoms with Gasteiger partial charge in [0, 0.05) is 27.1 Å². The van der Waals surface area contributed by atoms with Gasteiger partial charge in [-0.1, -0.05) is 127 Å². The van der Waals surface area contributed by atoms with E-state index in [9.17, 15) is 10.5 Å². The number of alkyl halides is 3. The van der Waals surface area contributed by atoms with E-state index in [1.807, 2.05) is 88.0 Å². The summed E-state index contributed by atoms with van der Waals surface area (Å²) in [6.45, 7) is 8.32. The fraction of sp³-hybridized carbons (Fsp3) is 0.0746. The van der Waals surface area contributed by atoms with Gasteiger partial charge in [0.25, 0.3) is 0 Å². The number of hydrogen-bond acceptors (Lipinski definition) is 2. The van der Waals surface area contributed by atoms with E-state index in [2.05, 4.69) is 131 Å². The van der Waals surface area contributed by atoms with E-state index in [1.54, 1.807) is 12.1 Å². The van der Waals surface area contributed by atoms with E-state index in [0.717, 1.165) is 116 Å². The van der Waals surface area contributed by atoms with E-state index < -0.39 is 11.7 Å². The third-order valence-electron chi connectivity index (χ3n) is 14.8. The summed E-state index contributed by atoms with van der Waals surface area (Å²) in [5, 5.41) is 24.8. The zero-order valence-corrected chi connectivity index (χ0v) is 41.0. The molecule has 0 saturated carbocycles. The molecule has 2 heterocycles. The molecule has 354 valence electrons. The third kappa shape index (κ3) is 7.52. The Hall–Kier alpha value is -9.43. The molecule has 0 saturated heterocycles. The maximum atomic E-state index is 15.9. The van der Waals surface area contributed by atoms with Crippen LogP contribution in [0.25, 0.3) is 111 Å². The number of aromatic nitrogens is 2. The summed E-state index contributed by atoms with van der Waals surface area (Å²) in [6, 6.07) is 69.5. The van der Waals surface area contributed by atoms with Crippen LogP contribution in [0.4, 0.5) is 13.2 Å². The van der Waals surface area contributed by atoms with Crippen molar-refractivity contribution in [2.75, 3.05) is 0 Å². The monoisotopic (exact) mass is 962 g/mol. The lowest BCUT2D eigenvalue weighted by Gasteiger charge is -2.23. The molecule has 2 aromatic heterocycles. The molecule has 0 unspecified atom stereocenters. The number of rotatable bonds is 7. The highest BCUT2D eigenvalue weighted by Gasteiger charge is 2.36. The minimum absolute atomic E-state index is 0.119. The van der Waals surface area contributed by atoms with Crippen molar-refractivity contribution in [3.63, 3.8) is 0 Å². The summed E-state index contributed by atoms with van der Waals surface area (Å²) in [4.78, 5) is 0. The molecule has 0 spiro atoms. The summed E-state index contributed by atoms with van der Waals surface area (Å²) in [7, 11) is 0. The summed E-state index contributed by atoms with van der Waals surface area (Å²) >= 11 is 0. The van der Waals surface area contributed by atoms with Crippen LogP contribution in [-0.4, -0.2) is 9.13 Å². The largest absolute Gasteiger partial charge is 0.417 e. The molecule has 0 radical (unpaired) electrons. The molecule has 0 aliphatic carbocycles. The van der Waals surface area contributed by atoms with Crippen LogP contribution in [0.5, 0.6) is 0 Å². The normalized spacial score (nSPS) is 11.7. The molecule has 0 atom stereocenters. The van der Waals surface area contributed by atoms with Crippen molar-refractivity contribution in [2.45, 2.75) is 33.9 Å². The Kier molecular flexibility index (Phi) is 10.9. The van der Waals surface area contributed by atoms with E-state index in [-0.39, 0.29) is 22.3 Å². The van der Waals surface area contributed by atoms with Gasteiger partial charge in [0.15, 0.2) is 0 Å². The predicted octanol–water partition coefficient (Wildman–Crippen LogP) is 18.2. The lowest BCUT2D eigenvalue weighted by Crippen LogP contribution is -2.11. The fourth-order valence-electron chi connectivity index (χ4n) is 11.2. The van der Waals surface area contributed by atoms with Crippen molar-refractivity contribution in [2.24, 2.45) is 0 Å². The van der Waals surface area contributed by atoms with Crippen LogP contribution in [0.1, 0.15) is 38.9 Å². The quantitative estimate of drug-likeness (QED) is 0.160. The van der Waals surface area contributed by atoms with E-state index in [0.29, 0.717) is 11.4 Å². The number of fused-ring (bicyclic) bond motifs is 6. The molecule has 74 heavy (non-hydrogen) atoms. The smallest absolute Gasteiger partial charge is 0.308 e. The van der Waals surface area contributed by atoms with Gasteiger partial charge in [-0.2, -0.15) is 23.7 Å². The number of benzene rings is 10. The lowest BCUT2D eigenvalue weighted by molar-refractivity contribution is -0.137. The Morgan fingerprint density at radius 1 is 0.351 bits per heavy atom. The molecule has 4 nitrogen and oxygen atoms in total. The van der Waals surface area contributed by atoms with Gasteiger partial charge in [0.1, 0.15) is 0 Å². The lowest BCUT2D eigenvalue weighted by atomic mass is 9.92. The van der Waals surface area contributed by atoms with Gasteiger partial charge < -0.3 is 9.13 Å². The van der Waals surface area contributed by atoms with Crippen LogP contribution in [0.15, 0.2) is 200 Å². The van der Waals surface area contributed by atoms with Gasteiger partial charge in [-0.3, -0.25) is 0 Å². The molecule has 0 aliphatic heterocycles. The van der Waals surface area contributed by atoms with Crippen molar-refractivity contribution in [1.29, 1.82) is 10.5 Å². The SMILES string of the molecule is Cc1ccccc1-c1ccc2c(c1)c1cc(-c3ccccc3C)ccc1n2-c1cc(C#N)cc(-n2c3ccc(-c4ccccc4C)cc3c3cc(-c4ccccc4C)ccc32)c1-c1ccc(C#N)cc1C(F)(F)F. The first kappa shape index (κ1) is 45.7. The minimum Gasteiger partial charge on any atom is -0.308 e. The molecule has 0 N–H and O–H groups in total. The zero-order chi connectivity index (χ0) is 51.0. The van der Waals surface area contributed by atoms with Crippen molar-refractivity contribution in [1.82, 2.24) is 9.13 Å². The first-order chi connectivity index (χ1) is 35.9. The van der Waals surface area contributed by atoms with Gasteiger partial charge >= 0.3 is 6.18 Å². The summed E-state index contributed by atoms with van der Waals surface area (Å²) in [5.41, 5.74) is 15.7. The van der Waals surface area contributed by atoms with Crippen LogP contribution < -0.4 is 0 Å². The maximum Gasteiger partial charge on any atom is 0.417 e. The van der Waals surface area contributed by atoms with E-state index in [1.165, 1.54) is 12.1 Å². The van der Waals surface area contributed by atoms with E-state index in [4.69, 9.17) is 0 Å². The average Bonchev–Trinajstić information content (AvgIpc) is 3.93.